The molecule has 94 valence electrons. The summed E-state index contributed by atoms with van der Waals surface area (Å²) in [6, 6.07) is 0. The van der Waals surface area contributed by atoms with E-state index in [0.717, 1.165) is 0 Å². The number of Topliss-reactive ketones (excluding diaryl/α,β-unsaturated/α-hetero) is 2. The smallest absolute Gasteiger partial charge is 0.209 e. The van der Waals surface area contributed by atoms with Crippen LogP contribution in [-0.2, 0) is 9.59 Å². The molecule has 0 amide bonds. The van der Waals surface area contributed by atoms with Crippen LogP contribution in [-0.4, -0.2) is 46.7 Å². The first-order valence-corrected chi connectivity index (χ1v) is 5.44. The van der Waals surface area contributed by atoms with Crippen LogP contribution in [0, 0.1) is 11.3 Å². The molecule has 5 heteroatoms. The Morgan fingerprint density at radius 2 is 1.62 bits per heavy atom. The number of ketones is 2. The molecule has 0 aromatic heterocycles. The van der Waals surface area contributed by atoms with Gasteiger partial charge in [-0.2, -0.15) is 0 Å². The molecule has 0 saturated heterocycles. The maximum Gasteiger partial charge on any atom is 0.209 e. The van der Waals surface area contributed by atoms with Gasteiger partial charge in [0.15, 0.2) is 0 Å². The van der Waals surface area contributed by atoms with Crippen LogP contribution in [0.15, 0.2) is 0 Å². The minimum atomic E-state index is -1.40. The van der Waals surface area contributed by atoms with Crippen molar-refractivity contribution in [1.29, 1.82) is 0 Å². The molecule has 3 N–H and O–H groups in total. The zero-order chi connectivity index (χ0) is 12.8. The molecule has 1 unspecified atom stereocenters. The zero-order valence-electron chi connectivity index (χ0n) is 9.77. The average molecular weight is 232 g/mol. The average Bonchev–Trinajstić information content (AvgIpc) is 2.33. The Morgan fingerprint density at radius 1 is 1.12 bits per heavy atom. The SMILES string of the molecule is CCC(CO)C(=O)C(=O)C(CC)(CO)CO. The van der Waals surface area contributed by atoms with Gasteiger partial charge in [0.05, 0.1) is 25.2 Å². The van der Waals surface area contributed by atoms with Gasteiger partial charge in [-0.3, -0.25) is 9.59 Å². The van der Waals surface area contributed by atoms with Crippen LogP contribution in [0.2, 0.25) is 0 Å². The summed E-state index contributed by atoms with van der Waals surface area (Å²) in [5.41, 5.74) is -1.40. The summed E-state index contributed by atoms with van der Waals surface area (Å²) in [6.07, 6.45) is 0.546. The van der Waals surface area contributed by atoms with Gasteiger partial charge in [-0.1, -0.05) is 13.8 Å². The lowest BCUT2D eigenvalue weighted by atomic mass is 9.78. The molecular weight excluding hydrogens is 212 g/mol. The minimum absolute atomic E-state index is 0.187. The van der Waals surface area contributed by atoms with E-state index in [1.54, 1.807) is 13.8 Å². The number of hydrogen-bond acceptors (Lipinski definition) is 5. The van der Waals surface area contributed by atoms with Crippen molar-refractivity contribution < 1.29 is 24.9 Å². The summed E-state index contributed by atoms with van der Waals surface area (Å²) in [4.78, 5) is 23.5. The third kappa shape index (κ3) is 2.87. The highest BCUT2D eigenvalue weighted by Gasteiger charge is 2.41. The van der Waals surface area contributed by atoms with Crippen molar-refractivity contribution in [1.82, 2.24) is 0 Å². The zero-order valence-corrected chi connectivity index (χ0v) is 9.77. The van der Waals surface area contributed by atoms with Gasteiger partial charge in [0.25, 0.3) is 0 Å². The molecule has 5 nitrogen and oxygen atoms in total. The summed E-state index contributed by atoms with van der Waals surface area (Å²) in [7, 11) is 0. The Hall–Kier alpha value is -0.780. The van der Waals surface area contributed by atoms with Crippen molar-refractivity contribution >= 4 is 11.6 Å². The quantitative estimate of drug-likeness (QED) is 0.491. The van der Waals surface area contributed by atoms with Crippen LogP contribution >= 0.6 is 0 Å². The molecule has 0 aliphatic rings. The minimum Gasteiger partial charge on any atom is -0.396 e. The fraction of sp³-hybridized carbons (Fsp3) is 0.818. The van der Waals surface area contributed by atoms with E-state index >= 15 is 0 Å². The lowest BCUT2D eigenvalue weighted by Crippen LogP contribution is -2.45. The van der Waals surface area contributed by atoms with E-state index in [0.29, 0.717) is 6.42 Å². The monoisotopic (exact) mass is 232 g/mol. The summed E-state index contributed by atoms with van der Waals surface area (Å²) in [6.45, 7) is 1.80. The lowest BCUT2D eigenvalue weighted by molar-refractivity contribution is -0.149. The van der Waals surface area contributed by atoms with Crippen molar-refractivity contribution in [2.45, 2.75) is 26.7 Å². The fourth-order valence-electron chi connectivity index (χ4n) is 1.42. The highest BCUT2D eigenvalue weighted by Crippen LogP contribution is 2.24. The summed E-state index contributed by atoms with van der Waals surface area (Å²) in [5.74, 6) is -2.24. The Balaban J connectivity index is 4.94. The number of aliphatic hydroxyl groups is 3. The van der Waals surface area contributed by atoms with E-state index in [1.807, 2.05) is 0 Å². The van der Waals surface area contributed by atoms with Crippen LogP contribution in [0.1, 0.15) is 26.7 Å². The topological polar surface area (TPSA) is 94.8 Å². The molecule has 0 aromatic rings. The molecule has 0 bridgehead atoms. The normalized spacial score (nSPS) is 13.6. The standard InChI is InChI=1S/C11H20O5/c1-3-8(5-12)9(15)10(16)11(4-2,6-13)7-14/h8,12-14H,3-7H2,1-2H3. The second-order valence-electron chi connectivity index (χ2n) is 3.93. The highest BCUT2D eigenvalue weighted by molar-refractivity contribution is 6.40. The van der Waals surface area contributed by atoms with Gasteiger partial charge in [0, 0.05) is 5.92 Å². The molecule has 0 spiro atoms. The Bertz CT molecular complexity index is 232. The summed E-state index contributed by atoms with van der Waals surface area (Å²) >= 11 is 0. The number of carbonyl (C=O) groups excluding carboxylic acids is 2. The molecule has 0 aromatic carbocycles. The van der Waals surface area contributed by atoms with Crippen molar-refractivity contribution in [2.75, 3.05) is 19.8 Å². The fourth-order valence-corrected chi connectivity index (χ4v) is 1.42. The maximum atomic E-state index is 11.8. The van der Waals surface area contributed by atoms with Gasteiger partial charge in [-0.05, 0) is 12.8 Å². The second kappa shape index (κ2) is 6.73. The van der Waals surface area contributed by atoms with Crippen molar-refractivity contribution in [3.05, 3.63) is 0 Å². The Morgan fingerprint density at radius 3 is 1.88 bits per heavy atom. The van der Waals surface area contributed by atoms with E-state index in [2.05, 4.69) is 0 Å². The van der Waals surface area contributed by atoms with Gasteiger partial charge in [-0.25, -0.2) is 0 Å². The van der Waals surface area contributed by atoms with E-state index < -0.39 is 42.7 Å². The van der Waals surface area contributed by atoms with E-state index in [-0.39, 0.29) is 6.42 Å². The first-order chi connectivity index (χ1) is 7.52. The largest absolute Gasteiger partial charge is 0.396 e. The molecule has 0 heterocycles. The molecule has 1 atom stereocenters. The second-order valence-corrected chi connectivity index (χ2v) is 3.93. The van der Waals surface area contributed by atoms with E-state index in [1.165, 1.54) is 0 Å². The molecule has 0 radical (unpaired) electrons. The van der Waals surface area contributed by atoms with Crippen LogP contribution in [0.3, 0.4) is 0 Å². The number of rotatable bonds is 8. The number of aliphatic hydroxyl groups excluding tert-OH is 3. The third-order valence-corrected chi connectivity index (χ3v) is 3.07. The number of hydrogen-bond donors (Lipinski definition) is 3. The molecule has 0 aliphatic carbocycles. The van der Waals surface area contributed by atoms with Crippen LogP contribution in [0.4, 0.5) is 0 Å². The Kier molecular flexibility index (Phi) is 6.40. The first-order valence-electron chi connectivity index (χ1n) is 5.44. The van der Waals surface area contributed by atoms with Crippen molar-refractivity contribution in [2.24, 2.45) is 11.3 Å². The van der Waals surface area contributed by atoms with E-state index in [4.69, 9.17) is 15.3 Å². The third-order valence-electron chi connectivity index (χ3n) is 3.07. The van der Waals surface area contributed by atoms with Gasteiger partial charge >= 0.3 is 0 Å². The highest BCUT2D eigenvalue weighted by atomic mass is 16.3. The molecule has 0 saturated carbocycles. The molecule has 0 fully saturated rings. The molecule has 0 rings (SSSR count). The van der Waals surface area contributed by atoms with Crippen LogP contribution in [0.25, 0.3) is 0 Å². The van der Waals surface area contributed by atoms with Crippen LogP contribution < -0.4 is 0 Å². The summed E-state index contributed by atoms with van der Waals surface area (Å²) in [5, 5.41) is 27.2. The van der Waals surface area contributed by atoms with Gasteiger partial charge in [-0.15, -0.1) is 0 Å². The van der Waals surface area contributed by atoms with Crippen LogP contribution in [0.5, 0.6) is 0 Å². The van der Waals surface area contributed by atoms with Crippen molar-refractivity contribution in [3.8, 4) is 0 Å². The van der Waals surface area contributed by atoms with Crippen molar-refractivity contribution in [3.63, 3.8) is 0 Å². The van der Waals surface area contributed by atoms with E-state index in [9.17, 15) is 9.59 Å². The summed E-state index contributed by atoms with van der Waals surface area (Å²) < 4.78 is 0. The molecule has 16 heavy (non-hydrogen) atoms. The predicted octanol–water partition coefficient (Wildman–Crippen LogP) is -0.476. The van der Waals surface area contributed by atoms with Gasteiger partial charge < -0.3 is 15.3 Å². The van der Waals surface area contributed by atoms with Gasteiger partial charge in [0.1, 0.15) is 0 Å². The Labute approximate surface area is 95.1 Å². The lowest BCUT2D eigenvalue weighted by Gasteiger charge is -2.27. The molecule has 0 aliphatic heterocycles. The predicted molar refractivity (Wildman–Crippen MR) is 57.8 cm³/mol. The number of carbonyl (C=O) groups is 2. The maximum absolute atomic E-state index is 11.8. The first kappa shape index (κ1) is 15.2. The van der Waals surface area contributed by atoms with Gasteiger partial charge in [0.2, 0.25) is 11.6 Å². The molecular formula is C11H20O5.